The fraction of sp³-hybridized carbons (Fsp3) is 1.00. The summed E-state index contributed by atoms with van der Waals surface area (Å²) in [6.45, 7) is 3.64. The smallest absolute Gasteiger partial charge is 0.0166 e. The highest BCUT2D eigenvalue weighted by atomic mass is 32.2. The van der Waals surface area contributed by atoms with E-state index in [0.717, 1.165) is 17.9 Å². The summed E-state index contributed by atoms with van der Waals surface area (Å²) < 4.78 is 0. The molecule has 0 spiro atoms. The molecular formula is C13H25NS. The van der Waals surface area contributed by atoms with Crippen molar-refractivity contribution in [2.45, 2.75) is 51.5 Å². The maximum atomic E-state index is 3.76. The first-order valence-electron chi connectivity index (χ1n) is 6.69. The monoisotopic (exact) mass is 227 g/mol. The second kappa shape index (κ2) is 6.15. The van der Waals surface area contributed by atoms with Crippen LogP contribution in [0.4, 0.5) is 0 Å². The van der Waals surface area contributed by atoms with Crippen molar-refractivity contribution in [3.63, 3.8) is 0 Å². The van der Waals surface area contributed by atoms with Crippen molar-refractivity contribution < 1.29 is 0 Å². The molecule has 1 N–H and O–H groups in total. The van der Waals surface area contributed by atoms with Crippen LogP contribution in [0.1, 0.15) is 45.4 Å². The van der Waals surface area contributed by atoms with Crippen LogP contribution in [0.3, 0.4) is 0 Å². The molecule has 1 unspecified atom stereocenters. The summed E-state index contributed by atoms with van der Waals surface area (Å²) in [6, 6.07) is 0.832. The molecule has 0 aromatic carbocycles. The highest BCUT2D eigenvalue weighted by Gasteiger charge is 2.21. The van der Waals surface area contributed by atoms with Crippen LogP contribution < -0.4 is 5.32 Å². The molecule has 2 rings (SSSR count). The number of hydrogen-bond acceptors (Lipinski definition) is 2. The predicted molar refractivity (Wildman–Crippen MR) is 69.5 cm³/mol. The molecular weight excluding hydrogens is 202 g/mol. The fourth-order valence-corrected chi connectivity index (χ4v) is 4.06. The lowest BCUT2D eigenvalue weighted by Gasteiger charge is -2.28. The van der Waals surface area contributed by atoms with Crippen LogP contribution in [-0.2, 0) is 0 Å². The van der Waals surface area contributed by atoms with Gasteiger partial charge in [-0.25, -0.2) is 0 Å². The SMILES string of the molecule is CCC1CCC(CNC2CCSC2)CC1. The van der Waals surface area contributed by atoms with Gasteiger partial charge in [-0.3, -0.25) is 0 Å². The zero-order valence-corrected chi connectivity index (χ0v) is 10.8. The van der Waals surface area contributed by atoms with E-state index in [9.17, 15) is 0 Å². The quantitative estimate of drug-likeness (QED) is 0.791. The van der Waals surface area contributed by atoms with Gasteiger partial charge >= 0.3 is 0 Å². The number of nitrogens with one attached hydrogen (secondary N) is 1. The van der Waals surface area contributed by atoms with Crippen molar-refractivity contribution in [3.8, 4) is 0 Å². The van der Waals surface area contributed by atoms with E-state index < -0.39 is 0 Å². The van der Waals surface area contributed by atoms with E-state index in [1.54, 1.807) is 0 Å². The van der Waals surface area contributed by atoms with Gasteiger partial charge in [0.25, 0.3) is 0 Å². The van der Waals surface area contributed by atoms with Crippen LogP contribution in [0.5, 0.6) is 0 Å². The molecule has 2 fully saturated rings. The van der Waals surface area contributed by atoms with E-state index in [-0.39, 0.29) is 0 Å². The molecule has 1 aliphatic carbocycles. The topological polar surface area (TPSA) is 12.0 Å². The van der Waals surface area contributed by atoms with Crippen LogP contribution in [0.15, 0.2) is 0 Å². The van der Waals surface area contributed by atoms with E-state index in [1.807, 2.05) is 0 Å². The van der Waals surface area contributed by atoms with Gasteiger partial charge in [0.15, 0.2) is 0 Å². The molecule has 0 aromatic heterocycles. The molecule has 0 bridgehead atoms. The zero-order valence-electron chi connectivity index (χ0n) is 10.0. The first kappa shape index (κ1) is 11.8. The van der Waals surface area contributed by atoms with Crippen LogP contribution in [0, 0.1) is 11.8 Å². The number of thioether (sulfide) groups is 1. The van der Waals surface area contributed by atoms with Crippen LogP contribution in [-0.4, -0.2) is 24.1 Å². The summed E-state index contributed by atoms with van der Waals surface area (Å²) in [5.41, 5.74) is 0. The lowest BCUT2D eigenvalue weighted by Crippen LogP contribution is -2.34. The average molecular weight is 227 g/mol. The Labute approximate surface area is 98.8 Å². The summed E-state index contributed by atoms with van der Waals surface area (Å²) in [5.74, 6) is 4.76. The summed E-state index contributed by atoms with van der Waals surface area (Å²) >= 11 is 2.11. The van der Waals surface area contributed by atoms with Crippen LogP contribution >= 0.6 is 11.8 Å². The van der Waals surface area contributed by atoms with Gasteiger partial charge in [-0.15, -0.1) is 0 Å². The largest absolute Gasteiger partial charge is 0.313 e. The van der Waals surface area contributed by atoms with Crippen molar-refractivity contribution in [2.75, 3.05) is 18.1 Å². The lowest BCUT2D eigenvalue weighted by molar-refractivity contribution is 0.258. The van der Waals surface area contributed by atoms with Gasteiger partial charge in [0, 0.05) is 11.8 Å². The third-order valence-electron chi connectivity index (χ3n) is 4.17. The number of hydrogen-bond donors (Lipinski definition) is 1. The molecule has 1 aliphatic heterocycles. The van der Waals surface area contributed by atoms with E-state index in [4.69, 9.17) is 0 Å². The van der Waals surface area contributed by atoms with E-state index in [1.165, 1.54) is 56.6 Å². The highest BCUT2D eigenvalue weighted by molar-refractivity contribution is 7.99. The minimum Gasteiger partial charge on any atom is -0.313 e. The summed E-state index contributed by atoms with van der Waals surface area (Å²) in [6.07, 6.45) is 8.73. The maximum absolute atomic E-state index is 3.76. The molecule has 1 saturated heterocycles. The third-order valence-corrected chi connectivity index (χ3v) is 5.33. The Morgan fingerprint density at radius 2 is 1.80 bits per heavy atom. The van der Waals surface area contributed by atoms with Crippen molar-refractivity contribution >= 4 is 11.8 Å². The Kier molecular flexibility index (Phi) is 4.83. The van der Waals surface area contributed by atoms with Crippen LogP contribution in [0.25, 0.3) is 0 Å². The molecule has 1 nitrogen and oxygen atoms in total. The van der Waals surface area contributed by atoms with E-state index in [0.29, 0.717) is 0 Å². The van der Waals surface area contributed by atoms with E-state index in [2.05, 4.69) is 24.0 Å². The summed E-state index contributed by atoms with van der Waals surface area (Å²) in [4.78, 5) is 0. The Balaban J connectivity index is 1.59. The van der Waals surface area contributed by atoms with Crippen LogP contribution in [0.2, 0.25) is 0 Å². The van der Waals surface area contributed by atoms with Gasteiger partial charge in [0.05, 0.1) is 0 Å². The van der Waals surface area contributed by atoms with Gasteiger partial charge < -0.3 is 5.32 Å². The Bertz CT molecular complexity index is 169. The Hall–Kier alpha value is 0.310. The second-order valence-electron chi connectivity index (χ2n) is 5.26. The van der Waals surface area contributed by atoms with Crippen molar-refractivity contribution in [2.24, 2.45) is 11.8 Å². The Morgan fingerprint density at radius 3 is 2.40 bits per heavy atom. The molecule has 0 radical (unpaired) electrons. The Morgan fingerprint density at radius 1 is 1.07 bits per heavy atom. The minimum atomic E-state index is 0.832. The molecule has 1 atom stereocenters. The number of rotatable bonds is 4. The van der Waals surface area contributed by atoms with Gasteiger partial charge in [-0.1, -0.05) is 26.2 Å². The molecule has 15 heavy (non-hydrogen) atoms. The highest BCUT2D eigenvalue weighted by Crippen LogP contribution is 2.30. The summed E-state index contributed by atoms with van der Waals surface area (Å²) in [5, 5.41) is 3.76. The van der Waals surface area contributed by atoms with Crippen molar-refractivity contribution in [1.82, 2.24) is 5.32 Å². The van der Waals surface area contributed by atoms with Gasteiger partial charge in [-0.2, -0.15) is 11.8 Å². The normalized spacial score (nSPS) is 37.0. The lowest BCUT2D eigenvalue weighted by atomic mass is 9.81. The van der Waals surface area contributed by atoms with Gasteiger partial charge in [-0.05, 0) is 43.4 Å². The van der Waals surface area contributed by atoms with Crippen molar-refractivity contribution in [3.05, 3.63) is 0 Å². The zero-order chi connectivity index (χ0) is 10.5. The van der Waals surface area contributed by atoms with Gasteiger partial charge in [0.2, 0.25) is 0 Å². The fourth-order valence-electron chi connectivity index (χ4n) is 2.87. The second-order valence-corrected chi connectivity index (χ2v) is 6.41. The first-order chi connectivity index (χ1) is 7.38. The molecule has 0 aromatic rings. The minimum absolute atomic E-state index is 0.832. The van der Waals surface area contributed by atoms with Gasteiger partial charge in [0.1, 0.15) is 0 Å². The third kappa shape index (κ3) is 3.67. The predicted octanol–water partition coefficient (Wildman–Crippen LogP) is 3.30. The van der Waals surface area contributed by atoms with Crippen molar-refractivity contribution in [1.29, 1.82) is 0 Å². The molecule has 1 saturated carbocycles. The molecule has 2 aliphatic rings. The molecule has 2 heteroatoms. The molecule has 0 amide bonds. The standard InChI is InChI=1S/C13H25NS/c1-2-11-3-5-12(6-4-11)9-14-13-7-8-15-10-13/h11-14H,2-10H2,1H3. The molecule has 1 heterocycles. The maximum Gasteiger partial charge on any atom is 0.0166 e. The average Bonchev–Trinajstić information content (AvgIpc) is 2.80. The first-order valence-corrected chi connectivity index (χ1v) is 7.85. The summed E-state index contributed by atoms with van der Waals surface area (Å²) in [7, 11) is 0. The van der Waals surface area contributed by atoms with E-state index >= 15 is 0 Å². The molecule has 88 valence electrons.